The number of ether oxygens (including phenoxy) is 2. The molecule has 3 aliphatic carbocycles. The molecule has 52 heavy (non-hydrogen) atoms. The van der Waals surface area contributed by atoms with E-state index in [1.165, 1.54) is 56.9 Å². The van der Waals surface area contributed by atoms with Crippen LogP contribution in [0.5, 0.6) is 0 Å². The number of allylic oxidation sites excluding steroid dienone is 4. The van der Waals surface area contributed by atoms with Crippen molar-refractivity contribution in [3.05, 3.63) is 107 Å². The van der Waals surface area contributed by atoms with E-state index in [-0.39, 0.29) is 19.1 Å². The number of alkyl carbamates (subject to hydrolysis) is 1. The van der Waals surface area contributed by atoms with Gasteiger partial charge in [-0.25, -0.2) is 9.59 Å². The lowest BCUT2D eigenvalue weighted by atomic mass is 9.60. The Kier molecular flexibility index (Phi) is 12.5. The molecule has 0 aliphatic heterocycles. The number of rotatable bonds is 13. The molecule has 0 saturated heterocycles. The molecule has 1 heterocycles. The van der Waals surface area contributed by atoms with Gasteiger partial charge in [0, 0.05) is 24.1 Å². The number of nitrogens with one attached hydrogen (secondary N) is 2. The molecule has 0 bridgehead atoms. The maximum absolute atomic E-state index is 13.8. The highest BCUT2D eigenvalue weighted by Gasteiger charge is 2.50. The second-order valence-electron chi connectivity index (χ2n) is 16.6. The molecular formula is C46H60N2O4. The second-order valence-corrected chi connectivity index (χ2v) is 16.6. The minimum atomic E-state index is -0.904. The number of H-pyrrole nitrogens is 1. The van der Waals surface area contributed by atoms with Crippen LogP contribution < -0.4 is 5.32 Å². The molecule has 6 atom stereocenters. The fourth-order valence-electron chi connectivity index (χ4n) is 9.56. The second kappa shape index (κ2) is 17.2. The molecule has 2 aromatic carbocycles. The number of aromatic nitrogens is 1. The topological polar surface area (TPSA) is 80.4 Å². The van der Waals surface area contributed by atoms with Crippen LogP contribution in [0, 0.1) is 29.1 Å². The number of hydrogen-bond acceptors (Lipinski definition) is 4. The molecule has 0 radical (unpaired) electrons. The van der Waals surface area contributed by atoms with Crippen LogP contribution in [0.15, 0.2) is 96.1 Å². The lowest BCUT2D eigenvalue weighted by Crippen LogP contribution is -2.45. The van der Waals surface area contributed by atoms with Gasteiger partial charge in [0.25, 0.3) is 0 Å². The first-order valence-electron chi connectivity index (χ1n) is 19.9. The SMILES string of the molecule is C=C1CC[C@H](OC(=O)[C@H](Cc2cc3ccccc3[nH]2)NC(=O)OCc2ccccc2)C/C1=C/C=C1/CCC[C@@]2(C)C1CC[C@@H]2[C@H](C)CCCC(C)C. The molecule has 1 aromatic heterocycles. The van der Waals surface area contributed by atoms with Gasteiger partial charge in [0.15, 0.2) is 0 Å². The first-order chi connectivity index (χ1) is 25.1. The van der Waals surface area contributed by atoms with Gasteiger partial charge in [0.1, 0.15) is 18.8 Å². The molecule has 6 nitrogen and oxygen atoms in total. The highest BCUT2D eigenvalue weighted by Crippen LogP contribution is 2.60. The third kappa shape index (κ3) is 9.29. The fourth-order valence-corrected chi connectivity index (χ4v) is 9.56. The Balaban J connectivity index is 1.11. The van der Waals surface area contributed by atoms with Crippen molar-refractivity contribution in [2.45, 2.75) is 123 Å². The average molecular weight is 705 g/mol. The molecule has 1 unspecified atom stereocenters. The summed E-state index contributed by atoms with van der Waals surface area (Å²) in [7, 11) is 0. The molecule has 1 amide bonds. The van der Waals surface area contributed by atoms with Crippen LogP contribution in [0.4, 0.5) is 4.79 Å². The number of aromatic amines is 1. The number of benzene rings is 2. The van der Waals surface area contributed by atoms with Crippen molar-refractivity contribution in [1.29, 1.82) is 0 Å². The van der Waals surface area contributed by atoms with Gasteiger partial charge in [-0.1, -0.05) is 125 Å². The minimum Gasteiger partial charge on any atom is -0.460 e. The van der Waals surface area contributed by atoms with Crippen molar-refractivity contribution in [2.75, 3.05) is 0 Å². The fraction of sp³-hybridized carbons (Fsp3) is 0.522. The summed E-state index contributed by atoms with van der Waals surface area (Å²) in [5, 5.41) is 3.86. The lowest BCUT2D eigenvalue weighted by Gasteiger charge is -2.44. The molecule has 3 aliphatic rings. The number of carbonyl (C=O) groups is 2. The van der Waals surface area contributed by atoms with E-state index in [0.717, 1.165) is 51.9 Å². The average Bonchev–Trinajstić information content (AvgIpc) is 3.71. The van der Waals surface area contributed by atoms with Crippen molar-refractivity contribution in [2.24, 2.45) is 29.1 Å². The molecule has 6 rings (SSSR count). The van der Waals surface area contributed by atoms with Gasteiger partial charge in [-0.3, -0.25) is 0 Å². The summed E-state index contributed by atoms with van der Waals surface area (Å²) in [4.78, 5) is 30.2. The van der Waals surface area contributed by atoms with Gasteiger partial charge >= 0.3 is 12.1 Å². The number of carbonyl (C=O) groups excluding carboxylic acids is 2. The molecule has 2 N–H and O–H groups in total. The van der Waals surface area contributed by atoms with Crippen molar-refractivity contribution >= 4 is 23.0 Å². The molecule has 3 saturated carbocycles. The minimum absolute atomic E-state index is 0.118. The Bertz CT molecular complexity index is 1720. The molecule has 3 fully saturated rings. The Morgan fingerprint density at radius 2 is 1.79 bits per heavy atom. The Labute approximate surface area is 311 Å². The summed E-state index contributed by atoms with van der Waals surface area (Å²) >= 11 is 0. The summed E-state index contributed by atoms with van der Waals surface area (Å²) in [6.45, 7) is 14.3. The van der Waals surface area contributed by atoms with Crippen LogP contribution in [0.25, 0.3) is 10.9 Å². The van der Waals surface area contributed by atoms with Gasteiger partial charge in [0.2, 0.25) is 0 Å². The number of esters is 1. The van der Waals surface area contributed by atoms with Gasteiger partial charge < -0.3 is 19.8 Å². The largest absolute Gasteiger partial charge is 0.460 e. The van der Waals surface area contributed by atoms with Crippen LogP contribution in [0.2, 0.25) is 0 Å². The van der Waals surface area contributed by atoms with Crippen LogP contribution in [-0.4, -0.2) is 29.2 Å². The number of hydrogen-bond donors (Lipinski definition) is 2. The maximum Gasteiger partial charge on any atom is 0.408 e. The van der Waals surface area contributed by atoms with Gasteiger partial charge in [-0.15, -0.1) is 0 Å². The van der Waals surface area contributed by atoms with E-state index in [2.05, 4.69) is 56.7 Å². The highest BCUT2D eigenvalue weighted by molar-refractivity contribution is 5.83. The van der Waals surface area contributed by atoms with Crippen LogP contribution >= 0.6 is 0 Å². The number of para-hydroxylation sites is 1. The zero-order valence-electron chi connectivity index (χ0n) is 31.9. The third-order valence-corrected chi connectivity index (χ3v) is 12.4. The van der Waals surface area contributed by atoms with E-state index in [1.807, 2.05) is 60.7 Å². The van der Waals surface area contributed by atoms with Gasteiger partial charge in [0.05, 0.1) is 0 Å². The number of amides is 1. The predicted molar refractivity (Wildman–Crippen MR) is 211 cm³/mol. The van der Waals surface area contributed by atoms with Crippen LogP contribution in [0.3, 0.4) is 0 Å². The molecule has 3 aromatic rings. The van der Waals surface area contributed by atoms with Crippen LogP contribution in [0.1, 0.15) is 110 Å². The summed E-state index contributed by atoms with van der Waals surface area (Å²) < 4.78 is 11.7. The van der Waals surface area contributed by atoms with E-state index >= 15 is 0 Å². The summed E-state index contributed by atoms with van der Waals surface area (Å²) in [6.07, 6.45) is 16.6. The first-order valence-corrected chi connectivity index (χ1v) is 19.9. The lowest BCUT2D eigenvalue weighted by molar-refractivity contribution is -0.152. The van der Waals surface area contributed by atoms with E-state index in [0.29, 0.717) is 24.2 Å². The summed E-state index contributed by atoms with van der Waals surface area (Å²) in [6, 6.07) is 18.6. The van der Waals surface area contributed by atoms with Crippen molar-refractivity contribution < 1.29 is 19.1 Å². The molecule has 278 valence electrons. The summed E-state index contributed by atoms with van der Waals surface area (Å²) in [5.41, 5.74) is 6.98. The Morgan fingerprint density at radius 3 is 2.58 bits per heavy atom. The highest BCUT2D eigenvalue weighted by atomic mass is 16.6. The zero-order chi connectivity index (χ0) is 36.7. The maximum atomic E-state index is 13.8. The monoisotopic (exact) mass is 704 g/mol. The van der Waals surface area contributed by atoms with Crippen molar-refractivity contribution in [3.63, 3.8) is 0 Å². The van der Waals surface area contributed by atoms with Crippen LogP contribution in [-0.2, 0) is 27.3 Å². The van der Waals surface area contributed by atoms with E-state index in [4.69, 9.17) is 9.47 Å². The third-order valence-electron chi connectivity index (χ3n) is 12.4. The van der Waals surface area contributed by atoms with Gasteiger partial charge in [-0.05, 0) is 103 Å². The molecule has 6 heteroatoms. The smallest absolute Gasteiger partial charge is 0.408 e. The van der Waals surface area contributed by atoms with Crippen molar-refractivity contribution in [1.82, 2.24) is 10.3 Å². The predicted octanol–water partition coefficient (Wildman–Crippen LogP) is 11.2. The zero-order valence-corrected chi connectivity index (χ0v) is 31.9. The normalized spacial score (nSPS) is 26.0. The molecule has 0 spiro atoms. The standard InChI is InChI=1S/C46H60N2O4/c1-31(2)13-11-14-33(4)40-24-25-41-35(18-12-26-46(40,41)5)21-22-36-28-39(23-20-32(36)3)52-44(49)43(29-38-27-37-17-9-10-19-42(37)47-38)48-45(50)51-30-34-15-7-6-8-16-34/h6-10,15-17,19,21-22,27,31,33,39-41,43,47H,3,11-14,18,20,23-26,28-30H2,1-2,4-5H3,(H,48,50)/b35-21-,36-22-/t33-,39+,40-,41?,43+,46-/m1/s1. The van der Waals surface area contributed by atoms with E-state index in [1.54, 1.807) is 5.57 Å². The molecular weight excluding hydrogens is 645 g/mol. The van der Waals surface area contributed by atoms with E-state index < -0.39 is 18.1 Å². The first kappa shape index (κ1) is 37.7. The van der Waals surface area contributed by atoms with E-state index in [9.17, 15) is 9.59 Å². The Morgan fingerprint density at radius 1 is 1.00 bits per heavy atom. The summed E-state index contributed by atoms with van der Waals surface area (Å²) in [5.74, 6) is 2.56. The Hall–Kier alpha value is -4.06. The van der Waals surface area contributed by atoms with Gasteiger partial charge in [-0.2, -0.15) is 0 Å². The van der Waals surface area contributed by atoms with Crippen molar-refractivity contribution in [3.8, 4) is 0 Å². The quantitative estimate of drug-likeness (QED) is 0.174. The number of fused-ring (bicyclic) bond motifs is 2.